The van der Waals surface area contributed by atoms with Crippen LogP contribution in [-0.4, -0.2) is 24.5 Å². The van der Waals surface area contributed by atoms with Crippen molar-refractivity contribution in [2.45, 2.75) is 32.7 Å². The van der Waals surface area contributed by atoms with Crippen LogP contribution < -0.4 is 5.73 Å². The number of rotatable bonds is 7. The lowest BCUT2D eigenvalue weighted by atomic mass is 10.1. The Kier molecular flexibility index (Phi) is 6.09. The fourth-order valence-corrected chi connectivity index (χ4v) is 2.43. The van der Waals surface area contributed by atoms with Crippen LogP contribution in [0.4, 0.5) is 0 Å². The lowest BCUT2D eigenvalue weighted by molar-refractivity contribution is 0.179. The van der Waals surface area contributed by atoms with Gasteiger partial charge in [0.25, 0.3) is 0 Å². The molecule has 0 fully saturated rings. The normalized spacial score (nSPS) is 13.3. The summed E-state index contributed by atoms with van der Waals surface area (Å²) in [5.41, 5.74) is 5.87. The van der Waals surface area contributed by atoms with Crippen molar-refractivity contribution in [1.82, 2.24) is 4.90 Å². The number of halogens is 1. The predicted octanol–water partition coefficient (Wildman–Crippen LogP) is 3.16. The van der Waals surface area contributed by atoms with Gasteiger partial charge in [-0.2, -0.15) is 0 Å². The van der Waals surface area contributed by atoms with E-state index in [0.717, 1.165) is 36.2 Å². The van der Waals surface area contributed by atoms with Gasteiger partial charge in [0.15, 0.2) is 0 Å². The summed E-state index contributed by atoms with van der Waals surface area (Å²) in [6.07, 6.45) is 3.97. The smallest absolute Gasteiger partial charge is 0.136 e. The number of nitrogens with two attached hydrogens (primary N) is 1. The van der Waals surface area contributed by atoms with E-state index in [-0.39, 0.29) is 6.04 Å². The zero-order chi connectivity index (χ0) is 12.0. The van der Waals surface area contributed by atoms with Gasteiger partial charge in [-0.15, -0.1) is 0 Å². The first-order valence-corrected chi connectivity index (χ1v) is 6.70. The van der Waals surface area contributed by atoms with E-state index in [1.54, 1.807) is 6.26 Å². The largest absolute Gasteiger partial charge is 0.466 e. The molecule has 1 aromatic heterocycles. The molecule has 1 rings (SSSR count). The number of furan rings is 1. The molecule has 0 spiro atoms. The van der Waals surface area contributed by atoms with E-state index in [0.29, 0.717) is 6.54 Å². The van der Waals surface area contributed by atoms with Crippen molar-refractivity contribution in [3.05, 3.63) is 22.6 Å². The highest BCUT2D eigenvalue weighted by molar-refractivity contribution is 9.10. The Hall–Kier alpha value is -0.320. The summed E-state index contributed by atoms with van der Waals surface area (Å²) < 4.78 is 6.54. The van der Waals surface area contributed by atoms with Gasteiger partial charge in [-0.05, 0) is 47.9 Å². The molecule has 1 unspecified atom stereocenters. The Labute approximate surface area is 106 Å². The van der Waals surface area contributed by atoms with E-state index in [9.17, 15) is 0 Å². The SMILES string of the molecule is CCCN(CCC)C(CN)c1occc1Br. The number of hydrogen-bond donors (Lipinski definition) is 1. The maximum atomic E-state index is 5.87. The van der Waals surface area contributed by atoms with E-state index in [1.807, 2.05) is 6.07 Å². The van der Waals surface area contributed by atoms with Gasteiger partial charge >= 0.3 is 0 Å². The predicted molar refractivity (Wildman–Crippen MR) is 70.4 cm³/mol. The molecule has 0 bridgehead atoms. The molecule has 0 amide bonds. The molecule has 0 saturated heterocycles. The summed E-state index contributed by atoms with van der Waals surface area (Å²) in [7, 11) is 0. The Morgan fingerprint density at radius 1 is 1.38 bits per heavy atom. The zero-order valence-electron chi connectivity index (χ0n) is 10.1. The van der Waals surface area contributed by atoms with Gasteiger partial charge in [-0.3, -0.25) is 4.90 Å². The van der Waals surface area contributed by atoms with Crippen LogP contribution in [0.5, 0.6) is 0 Å². The van der Waals surface area contributed by atoms with Gasteiger partial charge in [0.05, 0.1) is 16.8 Å². The third kappa shape index (κ3) is 3.34. The maximum Gasteiger partial charge on any atom is 0.136 e. The molecule has 3 nitrogen and oxygen atoms in total. The van der Waals surface area contributed by atoms with Gasteiger partial charge in [0, 0.05) is 6.54 Å². The van der Waals surface area contributed by atoms with Crippen molar-refractivity contribution in [2.75, 3.05) is 19.6 Å². The quantitative estimate of drug-likeness (QED) is 0.838. The molecule has 16 heavy (non-hydrogen) atoms. The Bertz CT molecular complexity index is 295. The molecule has 0 aromatic carbocycles. The highest BCUT2D eigenvalue weighted by Gasteiger charge is 2.22. The van der Waals surface area contributed by atoms with Crippen LogP contribution in [0.1, 0.15) is 38.5 Å². The molecule has 0 saturated carbocycles. The van der Waals surface area contributed by atoms with E-state index < -0.39 is 0 Å². The average Bonchev–Trinajstić information content (AvgIpc) is 2.67. The van der Waals surface area contributed by atoms with Crippen molar-refractivity contribution in [1.29, 1.82) is 0 Å². The number of hydrogen-bond acceptors (Lipinski definition) is 3. The van der Waals surface area contributed by atoms with Crippen molar-refractivity contribution in [2.24, 2.45) is 5.73 Å². The third-order valence-corrected chi connectivity index (χ3v) is 3.29. The molecular formula is C12H21BrN2O. The first kappa shape index (κ1) is 13.7. The van der Waals surface area contributed by atoms with Crippen LogP contribution in [0, 0.1) is 0 Å². The second kappa shape index (κ2) is 7.09. The van der Waals surface area contributed by atoms with Crippen LogP contribution in [-0.2, 0) is 0 Å². The summed E-state index contributed by atoms with van der Waals surface area (Å²) in [5, 5.41) is 0. The minimum absolute atomic E-state index is 0.185. The highest BCUT2D eigenvalue weighted by Crippen LogP contribution is 2.28. The standard InChI is InChI=1S/C12H21BrN2O/c1-3-6-15(7-4-2)11(9-14)12-10(13)5-8-16-12/h5,8,11H,3-4,6-7,9,14H2,1-2H3. The van der Waals surface area contributed by atoms with Gasteiger partial charge in [0.1, 0.15) is 5.76 Å². The molecule has 0 aliphatic rings. The van der Waals surface area contributed by atoms with E-state index in [2.05, 4.69) is 34.7 Å². The van der Waals surface area contributed by atoms with E-state index in [4.69, 9.17) is 10.2 Å². The molecule has 1 heterocycles. The molecule has 2 N–H and O–H groups in total. The molecule has 1 atom stereocenters. The van der Waals surface area contributed by atoms with Crippen LogP contribution in [0.3, 0.4) is 0 Å². The summed E-state index contributed by atoms with van der Waals surface area (Å²) in [4.78, 5) is 2.39. The second-order valence-corrected chi connectivity index (χ2v) is 4.77. The molecule has 0 aliphatic heterocycles. The maximum absolute atomic E-state index is 5.87. The third-order valence-electron chi connectivity index (χ3n) is 2.63. The van der Waals surface area contributed by atoms with E-state index >= 15 is 0 Å². The van der Waals surface area contributed by atoms with Crippen LogP contribution in [0.25, 0.3) is 0 Å². The Morgan fingerprint density at radius 3 is 2.38 bits per heavy atom. The molecule has 0 radical (unpaired) electrons. The first-order chi connectivity index (χ1) is 7.74. The Balaban J connectivity index is 2.81. The van der Waals surface area contributed by atoms with Crippen molar-refractivity contribution < 1.29 is 4.42 Å². The van der Waals surface area contributed by atoms with Crippen LogP contribution in [0.15, 0.2) is 21.2 Å². The van der Waals surface area contributed by atoms with Gasteiger partial charge in [0.2, 0.25) is 0 Å². The molecule has 92 valence electrons. The molecule has 1 aromatic rings. The summed E-state index contributed by atoms with van der Waals surface area (Å²) in [6, 6.07) is 2.11. The number of nitrogens with zero attached hydrogens (tertiary/aromatic N) is 1. The van der Waals surface area contributed by atoms with E-state index in [1.165, 1.54) is 0 Å². The monoisotopic (exact) mass is 288 g/mol. The summed E-state index contributed by atoms with van der Waals surface area (Å²) in [6.45, 7) is 7.08. The molecule has 0 aliphatic carbocycles. The highest BCUT2D eigenvalue weighted by atomic mass is 79.9. The van der Waals surface area contributed by atoms with Crippen LogP contribution in [0.2, 0.25) is 0 Å². The Morgan fingerprint density at radius 2 is 2.00 bits per heavy atom. The summed E-state index contributed by atoms with van der Waals surface area (Å²) in [5.74, 6) is 0.949. The van der Waals surface area contributed by atoms with Crippen molar-refractivity contribution >= 4 is 15.9 Å². The van der Waals surface area contributed by atoms with Gasteiger partial charge in [-0.25, -0.2) is 0 Å². The van der Waals surface area contributed by atoms with Crippen LogP contribution >= 0.6 is 15.9 Å². The van der Waals surface area contributed by atoms with Gasteiger partial charge < -0.3 is 10.2 Å². The zero-order valence-corrected chi connectivity index (χ0v) is 11.7. The van der Waals surface area contributed by atoms with Crippen molar-refractivity contribution in [3.63, 3.8) is 0 Å². The molecule has 4 heteroatoms. The van der Waals surface area contributed by atoms with Gasteiger partial charge in [-0.1, -0.05) is 13.8 Å². The minimum atomic E-state index is 0.185. The first-order valence-electron chi connectivity index (χ1n) is 5.91. The fraction of sp³-hybridized carbons (Fsp3) is 0.667. The van der Waals surface area contributed by atoms with Crippen molar-refractivity contribution in [3.8, 4) is 0 Å². The molecular weight excluding hydrogens is 268 g/mol. The average molecular weight is 289 g/mol. The lowest BCUT2D eigenvalue weighted by Gasteiger charge is -2.29. The minimum Gasteiger partial charge on any atom is -0.466 e. The lowest BCUT2D eigenvalue weighted by Crippen LogP contribution is -2.35. The summed E-state index contributed by atoms with van der Waals surface area (Å²) >= 11 is 3.50. The fourth-order valence-electron chi connectivity index (χ4n) is 1.96. The topological polar surface area (TPSA) is 42.4 Å². The second-order valence-electron chi connectivity index (χ2n) is 3.92.